The van der Waals surface area contributed by atoms with Gasteiger partial charge in [0, 0.05) is 23.7 Å². The van der Waals surface area contributed by atoms with E-state index in [1.165, 1.54) is 0 Å². The molecule has 0 saturated carbocycles. The minimum atomic E-state index is -0.137. The van der Waals surface area contributed by atoms with Crippen LogP contribution in [0.1, 0.15) is 19.4 Å². The zero-order valence-electron chi connectivity index (χ0n) is 14.8. The average molecular weight is 357 g/mol. The van der Waals surface area contributed by atoms with Crippen LogP contribution in [0.5, 0.6) is 5.75 Å². The molecule has 0 spiro atoms. The van der Waals surface area contributed by atoms with Crippen LogP contribution < -0.4 is 15.0 Å². The van der Waals surface area contributed by atoms with E-state index in [9.17, 15) is 9.59 Å². The Morgan fingerprint density at radius 2 is 2.04 bits per heavy atom. The van der Waals surface area contributed by atoms with Crippen molar-refractivity contribution in [2.24, 2.45) is 0 Å². The normalized spacial score (nSPS) is 11.7. The predicted octanol–water partition coefficient (Wildman–Crippen LogP) is 0.348. The van der Waals surface area contributed by atoms with Crippen LogP contribution >= 0.6 is 11.6 Å². The van der Waals surface area contributed by atoms with E-state index in [4.69, 9.17) is 16.3 Å². The van der Waals surface area contributed by atoms with E-state index in [1.54, 1.807) is 18.1 Å². The summed E-state index contributed by atoms with van der Waals surface area (Å²) in [6, 6.07) is 5.44. The van der Waals surface area contributed by atoms with Gasteiger partial charge in [-0.15, -0.1) is 0 Å². The van der Waals surface area contributed by atoms with Crippen LogP contribution in [0.2, 0.25) is 5.02 Å². The van der Waals surface area contributed by atoms with E-state index in [0.29, 0.717) is 31.2 Å². The molecule has 0 bridgehead atoms. The van der Waals surface area contributed by atoms with Crippen molar-refractivity contribution < 1.29 is 19.2 Å². The lowest BCUT2D eigenvalue weighted by molar-refractivity contribution is -0.885. The average Bonchev–Trinajstić information content (AvgIpc) is 2.52. The Morgan fingerprint density at radius 1 is 1.33 bits per heavy atom. The molecule has 0 aromatic heterocycles. The Bertz CT molecular complexity index is 566. The first-order valence-electron chi connectivity index (χ1n) is 8.09. The number of hydrogen-bond acceptors (Lipinski definition) is 3. The number of ether oxygens (including phenoxy) is 1. The van der Waals surface area contributed by atoms with Gasteiger partial charge in [-0.1, -0.05) is 11.6 Å². The molecule has 2 amide bonds. The summed E-state index contributed by atoms with van der Waals surface area (Å²) in [4.78, 5) is 26.6. The molecule has 1 aromatic carbocycles. The number of amides is 2. The molecule has 0 aliphatic carbocycles. The summed E-state index contributed by atoms with van der Waals surface area (Å²) in [6.45, 7) is 5.78. The maximum atomic E-state index is 12.4. The summed E-state index contributed by atoms with van der Waals surface area (Å²) in [6.07, 6.45) is 0. The molecule has 7 heteroatoms. The Hall–Kier alpha value is -1.79. The van der Waals surface area contributed by atoms with Gasteiger partial charge in [0.2, 0.25) is 5.91 Å². The highest BCUT2D eigenvalue weighted by Gasteiger charge is 2.20. The molecule has 0 aliphatic rings. The van der Waals surface area contributed by atoms with E-state index in [2.05, 4.69) is 5.32 Å². The summed E-state index contributed by atoms with van der Waals surface area (Å²) in [5.74, 6) is 0.560. The Morgan fingerprint density at radius 3 is 2.62 bits per heavy atom. The molecular weight excluding hydrogens is 330 g/mol. The number of halogens is 1. The summed E-state index contributed by atoms with van der Waals surface area (Å²) in [5, 5.41) is 3.34. The van der Waals surface area contributed by atoms with Crippen molar-refractivity contribution in [2.45, 2.75) is 20.4 Å². The smallest absolute Gasteiger partial charge is 0.278 e. The molecule has 0 radical (unpaired) electrons. The van der Waals surface area contributed by atoms with Gasteiger partial charge >= 0.3 is 0 Å². The second-order valence-corrected chi connectivity index (χ2v) is 6.06. The predicted molar refractivity (Wildman–Crippen MR) is 94.4 cm³/mol. The van der Waals surface area contributed by atoms with Gasteiger partial charge in [0.15, 0.2) is 6.54 Å². The monoisotopic (exact) mass is 356 g/mol. The van der Waals surface area contributed by atoms with Crippen LogP contribution in [-0.4, -0.2) is 57.1 Å². The molecule has 134 valence electrons. The number of methoxy groups -OCH3 is 1. The fourth-order valence-corrected chi connectivity index (χ4v) is 2.64. The highest BCUT2D eigenvalue weighted by molar-refractivity contribution is 6.30. The lowest BCUT2D eigenvalue weighted by Gasteiger charge is -2.22. The maximum absolute atomic E-state index is 12.4. The van der Waals surface area contributed by atoms with Gasteiger partial charge in [0.25, 0.3) is 5.91 Å². The standard InChI is InChI=1S/C17H26ClN3O3/c1-5-19-16(22)11-21(6-2)17(23)12-20(3)10-13-9-14(18)7-8-15(13)24-4/h7-9H,5-6,10-12H2,1-4H3,(H,19,22)/p+1. The fraction of sp³-hybridized carbons (Fsp3) is 0.529. The highest BCUT2D eigenvalue weighted by Crippen LogP contribution is 2.21. The number of benzene rings is 1. The number of carbonyl (C=O) groups is 2. The first kappa shape index (κ1) is 20.3. The van der Waals surface area contributed by atoms with Gasteiger partial charge in [-0.3, -0.25) is 9.59 Å². The SMILES string of the molecule is CCNC(=O)CN(CC)C(=O)C[NH+](C)Cc1cc(Cl)ccc1OC. The molecule has 24 heavy (non-hydrogen) atoms. The molecule has 2 N–H and O–H groups in total. The lowest BCUT2D eigenvalue weighted by atomic mass is 10.2. The minimum absolute atomic E-state index is 0.0535. The van der Waals surface area contributed by atoms with Gasteiger partial charge < -0.3 is 19.9 Å². The van der Waals surface area contributed by atoms with Crippen LogP contribution in [-0.2, 0) is 16.1 Å². The Balaban J connectivity index is 2.65. The molecule has 1 aromatic rings. The Labute approximate surface area is 148 Å². The number of hydrogen-bond donors (Lipinski definition) is 2. The maximum Gasteiger partial charge on any atom is 0.278 e. The number of quaternary nitrogens is 1. The fourth-order valence-electron chi connectivity index (χ4n) is 2.45. The summed E-state index contributed by atoms with van der Waals surface area (Å²) in [7, 11) is 3.54. The number of nitrogens with zero attached hydrogens (tertiary/aromatic N) is 1. The van der Waals surface area contributed by atoms with Crippen molar-refractivity contribution in [3.63, 3.8) is 0 Å². The number of nitrogens with one attached hydrogen (secondary N) is 2. The van der Waals surface area contributed by atoms with Gasteiger partial charge in [-0.05, 0) is 32.0 Å². The highest BCUT2D eigenvalue weighted by atomic mass is 35.5. The van der Waals surface area contributed by atoms with Crippen LogP contribution in [0.4, 0.5) is 0 Å². The zero-order valence-corrected chi connectivity index (χ0v) is 15.6. The lowest BCUT2D eigenvalue weighted by Crippen LogP contribution is -3.08. The van der Waals surface area contributed by atoms with E-state index in [1.807, 2.05) is 33.0 Å². The van der Waals surface area contributed by atoms with Crippen molar-refractivity contribution in [3.8, 4) is 5.75 Å². The third kappa shape index (κ3) is 6.37. The van der Waals surface area contributed by atoms with Gasteiger partial charge in [0.05, 0.1) is 20.7 Å². The van der Waals surface area contributed by atoms with Crippen LogP contribution in [0.15, 0.2) is 18.2 Å². The summed E-state index contributed by atoms with van der Waals surface area (Å²) in [5.41, 5.74) is 0.946. The van der Waals surface area contributed by atoms with Crippen molar-refractivity contribution in [2.75, 3.05) is 40.3 Å². The topological polar surface area (TPSA) is 63.1 Å². The molecule has 0 saturated heterocycles. The summed E-state index contributed by atoms with van der Waals surface area (Å²) >= 11 is 6.04. The molecular formula is C17H27ClN3O3+. The molecule has 6 nitrogen and oxygen atoms in total. The van der Waals surface area contributed by atoms with E-state index in [0.717, 1.165) is 16.2 Å². The molecule has 1 atom stereocenters. The largest absolute Gasteiger partial charge is 0.496 e. The molecule has 0 aliphatic heterocycles. The summed E-state index contributed by atoms with van der Waals surface area (Å²) < 4.78 is 5.33. The number of likely N-dealkylation sites (N-methyl/N-ethyl adjacent to an activating group) is 3. The third-order valence-corrected chi connectivity index (χ3v) is 3.87. The van der Waals surface area contributed by atoms with Crippen molar-refractivity contribution in [1.29, 1.82) is 0 Å². The van der Waals surface area contributed by atoms with E-state index in [-0.39, 0.29) is 18.4 Å². The molecule has 0 fully saturated rings. The quantitative estimate of drug-likeness (QED) is 0.671. The first-order valence-corrected chi connectivity index (χ1v) is 8.47. The van der Waals surface area contributed by atoms with E-state index < -0.39 is 0 Å². The second kappa shape index (κ2) is 10.2. The number of rotatable bonds is 9. The molecule has 1 unspecified atom stereocenters. The first-order chi connectivity index (χ1) is 11.4. The van der Waals surface area contributed by atoms with Crippen LogP contribution in [0.25, 0.3) is 0 Å². The second-order valence-electron chi connectivity index (χ2n) is 5.63. The van der Waals surface area contributed by atoms with Crippen molar-refractivity contribution >= 4 is 23.4 Å². The minimum Gasteiger partial charge on any atom is -0.496 e. The van der Waals surface area contributed by atoms with E-state index >= 15 is 0 Å². The van der Waals surface area contributed by atoms with Crippen LogP contribution in [0.3, 0.4) is 0 Å². The van der Waals surface area contributed by atoms with Crippen molar-refractivity contribution in [3.05, 3.63) is 28.8 Å². The third-order valence-electron chi connectivity index (χ3n) is 3.63. The number of carbonyl (C=O) groups excluding carboxylic acids is 2. The molecule has 1 rings (SSSR count). The van der Waals surface area contributed by atoms with Crippen LogP contribution in [0, 0.1) is 0 Å². The van der Waals surface area contributed by atoms with Crippen molar-refractivity contribution in [1.82, 2.24) is 10.2 Å². The van der Waals surface area contributed by atoms with Gasteiger partial charge in [-0.2, -0.15) is 0 Å². The van der Waals surface area contributed by atoms with Gasteiger partial charge in [0.1, 0.15) is 12.3 Å². The van der Waals surface area contributed by atoms with Gasteiger partial charge in [-0.25, -0.2) is 0 Å². The molecule has 0 heterocycles. The zero-order chi connectivity index (χ0) is 18.1. The Kier molecular flexibility index (Phi) is 8.57.